The fourth-order valence-corrected chi connectivity index (χ4v) is 2.11. The molecule has 0 fully saturated rings. The number of benzene rings is 2. The van der Waals surface area contributed by atoms with Gasteiger partial charge in [0.15, 0.2) is 0 Å². The van der Waals surface area contributed by atoms with E-state index in [1.54, 1.807) is 0 Å². The summed E-state index contributed by atoms with van der Waals surface area (Å²) in [4.78, 5) is 0. The largest absolute Gasteiger partial charge is 0.457 e. The zero-order valence-electron chi connectivity index (χ0n) is 11.4. The molecule has 2 heteroatoms. The van der Waals surface area contributed by atoms with E-state index in [0.29, 0.717) is 6.54 Å². The van der Waals surface area contributed by atoms with Gasteiger partial charge in [-0.2, -0.15) is 0 Å². The van der Waals surface area contributed by atoms with Gasteiger partial charge in [-0.3, -0.25) is 0 Å². The van der Waals surface area contributed by atoms with Crippen molar-refractivity contribution in [2.75, 3.05) is 6.54 Å². The first-order valence-electron chi connectivity index (χ1n) is 6.88. The van der Waals surface area contributed by atoms with Gasteiger partial charge in [-0.1, -0.05) is 43.7 Å². The van der Waals surface area contributed by atoms with Crippen LogP contribution in [0, 0.1) is 0 Å². The molecule has 0 saturated carbocycles. The lowest BCUT2D eigenvalue weighted by molar-refractivity contribution is 0.476. The van der Waals surface area contributed by atoms with Crippen LogP contribution in [0.1, 0.15) is 24.5 Å². The molecule has 0 aliphatic heterocycles. The van der Waals surface area contributed by atoms with Crippen LogP contribution in [-0.4, -0.2) is 6.54 Å². The number of aryl methyl sites for hydroxylation is 1. The van der Waals surface area contributed by atoms with Gasteiger partial charge in [0.1, 0.15) is 11.5 Å². The van der Waals surface area contributed by atoms with Crippen molar-refractivity contribution in [2.45, 2.75) is 26.2 Å². The SMILES string of the molecule is CCCc1ccc(Oc2ccccc2CCN)cc1. The van der Waals surface area contributed by atoms with E-state index in [4.69, 9.17) is 10.5 Å². The van der Waals surface area contributed by atoms with Gasteiger partial charge in [-0.05, 0) is 48.7 Å². The summed E-state index contributed by atoms with van der Waals surface area (Å²) in [5, 5.41) is 0. The number of nitrogens with two attached hydrogens (primary N) is 1. The molecule has 0 spiro atoms. The molecule has 0 bridgehead atoms. The minimum atomic E-state index is 0.635. The molecular weight excluding hydrogens is 234 g/mol. The Labute approximate surface area is 115 Å². The molecule has 2 nitrogen and oxygen atoms in total. The average Bonchev–Trinajstić information content (AvgIpc) is 2.44. The highest BCUT2D eigenvalue weighted by atomic mass is 16.5. The van der Waals surface area contributed by atoms with E-state index in [2.05, 4.69) is 25.1 Å². The molecule has 19 heavy (non-hydrogen) atoms. The normalized spacial score (nSPS) is 10.4. The van der Waals surface area contributed by atoms with Crippen molar-refractivity contribution in [2.24, 2.45) is 5.73 Å². The number of ether oxygens (including phenoxy) is 1. The Balaban J connectivity index is 2.12. The summed E-state index contributed by atoms with van der Waals surface area (Å²) in [5.74, 6) is 1.78. The highest BCUT2D eigenvalue weighted by molar-refractivity contribution is 5.38. The second kappa shape index (κ2) is 6.95. The second-order valence-electron chi connectivity index (χ2n) is 4.64. The van der Waals surface area contributed by atoms with Crippen molar-refractivity contribution in [3.05, 3.63) is 59.7 Å². The van der Waals surface area contributed by atoms with Crippen LogP contribution in [0.15, 0.2) is 48.5 Å². The number of rotatable bonds is 6. The maximum absolute atomic E-state index is 5.94. The molecule has 0 amide bonds. The maximum atomic E-state index is 5.94. The van der Waals surface area contributed by atoms with E-state index in [0.717, 1.165) is 29.9 Å². The zero-order chi connectivity index (χ0) is 13.5. The van der Waals surface area contributed by atoms with E-state index >= 15 is 0 Å². The summed E-state index contributed by atoms with van der Waals surface area (Å²) in [6, 6.07) is 16.4. The van der Waals surface area contributed by atoms with E-state index in [1.165, 1.54) is 12.0 Å². The summed E-state index contributed by atoms with van der Waals surface area (Å²) in [7, 11) is 0. The van der Waals surface area contributed by atoms with Crippen LogP contribution in [0.3, 0.4) is 0 Å². The van der Waals surface area contributed by atoms with E-state index < -0.39 is 0 Å². The van der Waals surface area contributed by atoms with E-state index in [9.17, 15) is 0 Å². The monoisotopic (exact) mass is 255 g/mol. The summed E-state index contributed by atoms with van der Waals surface area (Å²) < 4.78 is 5.94. The van der Waals surface area contributed by atoms with Crippen molar-refractivity contribution in [1.82, 2.24) is 0 Å². The Bertz CT molecular complexity index is 505. The van der Waals surface area contributed by atoms with Gasteiger partial charge in [-0.25, -0.2) is 0 Å². The fourth-order valence-electron chi connectivity index (χ4n) is 2.11. The molecule has 2 aromatic carbocycles. The van der Waals surface area contributed by atoms with Gasteiger partial charge >= 0.3 is 0 Å². The Morgan fingerprint density at radius 3 is 2.37 bits per heavy atom. The third-order valence-electron chi connectivity index (χ3n) is 3.08. The van der Waals surface area contributed by atoms with Gasteiger partial charge in [0.05, 0.1) is 0 Å². The highest BCUT2D eigenvalue weighted by Crippen LogP contribution is 2.25. The van der Waals surface area contributed by atoms with Crippen LogP contribution in [0.4, 0.5) is 0 Å². The lowest BCUT2D eigenvalue weighted by Gasteiger charge is -2.11. The van der Waals surface area contributed by atoms with Crippen LogP contribution >= 0.6 is 0 Å². The smallest absolute Gasteiger partial charge is 0.130 e. The van der Waals surface area contributed by atoms with Gasteiger partial charge in [0, 0.05) is 0 Å². The summed E-state index contributed by atoms with van der Waals surface area (Å²) in [6.45, 7) is 2.82. The van der Waals surface area contributed by atoms with Crippen molar-refractivity contribution in [1.29, 1.82) is 0 Å². The highest BCUT2D eigenvalue weighted by Gasteiger charge is 2.03. The predicted octanol–water partition coefficient (Wildman–Crippen LogP) is 3.93. The minimum Gasteiger partial charge on any atom is -0.457 e. The fraction of sp³-hybridized carbons (Fsp3) is 0.294. The molecule has 0 unspecified atom stereocenters. The van der Waals surface area contributed by atoms with E-state index in [1.807, 2.05) is 30.3 Å². The third kappa shape index (κ3) is 3.83. The lowest BCUT2D eigenvalue weighted by Crippen LogP contribution is -2.03. The number of para-hydroxylation sites is 1. The van der Waals surface area contributed by atoms with Crippen molar-refractivity contribution >= 4 is 0 Å². The predicted molar refractivity (Wildman–Crippen MR) is 79.7 cm³/mol. The quantitative estimate of drug-likeness (QED) is 0.848. The second-order valence-corrected chi connectivity index (χ2v) is 4.64. The van der Waals surface area contributed by atoms with Gasteiger partial charge in [0.2, 0.25) is 0 Å². The molecule has 0 aliphatic carbocycles. The minimum absolute atomic E-state index is 0.635. The van der Waals surface area contributed by atoms with Gasteiger partial charge in [0.25, 0.3) is 0 Å². The molecule has 0 aromatic heterocycles. The first kappa shape index (κ1) is 13.6. The Hall–Kier alpha value is -1.80. The summed E-state index contributed by atoms with van der Waals surface area (Å²) >= 11 is 0. The molecule has 0 heterocycles. The van der Waals surface area contributed by atoms with Crippen LogP contribution < -0.4 is 10.5 Å². The molecule has 0 aliphatic rings. The first-order valence-corrected chi connectivity index (χ1v) is 6.88. The maximum Gasteiger partial charge on any atom is 0.130 e. The van der Waals surface area contributed by atoms with Crippen molar-refractivity contribution in [3.63, 3.8) is 0 Å². The molecule has 0 radical (unpaired) electrons. The Morgan fingerprint density at radius 2 is 1.68 bits per heavy atom. The number of hydrogen-bond donors (Lipinski definition) is 1. The lowest BCUT2D eigenvalue weighted by atomic mass is 10.1. The average molecular weight is 255 g/mol. The van der Waals surface area contributed by atoms with E-state index in [-0.39, 0.29) is 0 Å². The van der Waals surface area contributed by atoms with Crippen LogP contribution in [-0.2, 0) is 12.8 Å². The Morgan fingerprint density at radius 1 is 0.947 bits per heavy atom. The molecule has 2 aromatic rings. The molecule has 2 rings (SSSR count). The van der Waals surface area contributed by atoms with Crippen LogP contribution in [0.2, 0.25) is 0 Å². The zero-order valence-corrected chi connectivity index (χ0v) is 11.4. The number of hydrogen-bond acceptors (Lipinski definition) is 2. The third-order valence-corrected chi connectivity index (χ3v) is 3.08. The first-order chi connectivity index (χ1) is 9.33. The summed E-state index contributed by atoms with van der Waals surface area (Å²) in [6.07, 6.45) is 3.12. The van der Waals surface area contributed by atoms with Crippen molar-refractivity contribution in [3.8, 4) is 11.5 Å². The molecule has 0 saturated heterocycles. The van der Waals surface area contributed by atoms with Crippen LogP contribution in [0.25, 0.3) is 0 Å². The Kier molecular flexibility index (Phi) is 4.99. The molecule has 100 valence electrons. The molecule has 2 N–H and O–H groups in total. The standard InChI is InChI=1S/C17H21NO/c1-2-5-14-8-10-16(11-9-14)19-17-7-4-3-6-15(17)12-13-18/h3-4,6-11H,2,5,12-13,18H2,1H3. The topological polar surface area (TPSA) is 35.2 Å². The molecular formula is C17H21NO. The van der Waals surface area contributed by atoms with Crippen LogP contribution in [0.5, 0.6) is 11.5 Å². The van der Waals surface area contributed by atoms with Crippen molar-refractivity contribution < 1.29 is 4.74 Å². The summed E-state index contributed by atoms with van der Waals surface area (Å²) in [5.41, 5.74) is 8.13. The van der Waals surface area contributed by atoms with Gasteiger partial charge in [-0.15, -0.1) is 0 Å². The van der Waals surface area contributed by atoms with Gasteiger partial charge < -0.3 is 10.5 Å². The molecule has 0 atom stereocenters.